The molecule has 0 aromatic heterocycles. The van der Waals surface area contributed by atoms with Gasteiger partial charge in [0, 0.05) is 50.7 Å². The first-order valence-corrected chi connectivity index (χ1v) is 12.1. The first-order valence-electron chi connectivity index (χ1n) is 10.6. The summed E-state index contributed by atoms with van der Waals surface area (Å²) in [6.07, 6.45) is 0.889. The van der Waals surface area contributed by atoms with Crippen molar-refractivity contribution in [1.82, 2.24) is 4.72 Å². The first-order chi connectivity index (χ1) is 15.8. The molecule has 0 radical (unpaired) electrons. The second kappa shape index (κ2) is 9.21. The summed E-state index contributed by atoms with van der Waals surface area (Å²) in [7, 11) is 0.0000435. The van der Waals surface area contributed by atoms with E-state index in [1.54, 1.807) is 0 Å². The lowest BCUT2D eigenvalue weighted by molar-refractivity contribution is -0.385. The molecule has 0 amide bonds. The lowest BCUT2D eigenvalue weighted by Crippen LogP contribution is -2.37. The second-order valence-electron chi connectivity index (χ2n) is 8.18. The van der Waals surface area contributed by atoms with Crippen LogP contribution in [0.1, 0.15) is 17.2 Å². The van der Waals surface area contributed by atoms with Crippen molar-refractivity contribution >= 4 is 27.1 Å². The Morgan fingerprint density at radius 3 is 2.48 bits per heavy atom. The van der Waals surface area contributed by atoms with E-state index in [9.17, 15) is 18.5 Å². The highest BCUT2D eigenvalue weighted by Gasteiger charge is 2.29. The molecular weight excluding hydrogens is 440 g/mol. The fourth-order valence-corrected chi connectivity index (χ4v) is 5.20. The molecular formula is C24H26N4O4S. The van der Waals surface area contributed by atoms with Crippen LogP contribution in [-0.4, -0.2) is 40.5 Å². The van der Waals surface area contributed by atoms with Crippen molar-refractivity contribution < 1.29 is 13.3 Å². The van der Waals surface area contributed by atoms with Crippen LogP contribution in [0.5, 0.6) is 0 Å². The number of hydrogen-bond acceptors (Lipinski definition) is 6. The van der Waals surface area contributed by atoms with E-state index in [1.165, 1.54) is 23.8 Å². The summed E-state index contributed by atoms with van der Waals surface area (Å²) in [6.45, 7) is 0.901. The fourth-order valence-electron chi connectivity index (χ4n) is 4.13. The average molecular weight is 467 g/mol. The van der Waals surface area contributed by atoms with Crippen LogP contribution in [0.15, 0.2) is 77.7 Å². The van der Waals surface area contributed by atoms with Gasteiger partial charge in [-0.25, -0.2) is 13.1 Å². The number of nitro groups is 1. The predicted octanol–water partition coefficient (Wildman–Crippen LogP) is 3.74. The van der Waals surface area contributed by atoms with Gasteiger partial charge in [-0.15, -0.1) is 0 Å². The van der Waals surface area contributed by atoms with Gasteiger partial charge in [-0.05, 0) is 41.8 Å². The fraction of sp³-hybridized carbons (Fsp3) is 0.250. The summed E-state index contributed by atoms with van der Waals surface area (Å²) in [6, 6.07) is 21.0. The lowest BCUT2D eigenvalue weighted by atomic mass is 10.0. The van der Waals surface area contributed by atoms with Crippen LogP contribution < -0.4 is 14.5 Å². The number of anilines is 2. The highest BCUT2D eigenvalue weighted by Crippen LogP contribution is 2.35. The predicted molar refractivity (Wildman–Crippen MR) is 129 cm³/mol. The summed E-state index contributed by atoms with van der Waals surface area (Å²) >= 11 is 0. The molecule has 172 valence electrons. The van der Waals surface area contributed by atoms with Gasteiger partial charge in [0.2, 0.25) is 10.0 Å². The molecule has 1 atom stereocenters. The molecule has 4 rings (SSSR count). The van der Waals surface area contributed by atoms with Crippen molar-refractivity contribution in [3.05, 3.63) is 94.0 Å². The topological polar surface area (TPSA) is 95.8 Å². The monoisotopic (exact) mass is 466 g/mol. The third-order valence-electron chi connectivity index (χ3n) is 5.90. The molecule has 0 saturated carbocycles. The minimum Gasteiger partial charge on any atom is -0.378 e. The lowest BCUT2D eigenvalue weighted by Gasteiger charge is -2.31. The van der Waals surface area contributed by atoms with E-state index in [4.69, 9.17) is 0 Å². The number of sulfonamides is 1. The van der Waals surface area contributed by atoms with Crippen LogP contribution >= 0.6 is 0 Å². The molecule has 0 saturated heterocycles. The number of nitro benzene ring substituents is 1. The number of fused-ring (bicyclic) bond motifs is 1. The molecule has 8 nitrogen and oxygen atoms in total. The quantitative estimate of drug-likeness (QED) is 0.401. The summed E-state index contributed by atoms with van der Waals surface area (Å²) in [5.41, 5.74) is 4.10. The molecule has 0 aliphatic carbocycles. The van der Waals surface area contributed by atoms with Crippen molar-refractivity contribution in [2.45, 2.75) is 17.4 Å². The van der Waals surface area contributed by atoms with Crippen LogP contribution in [-0.2, 0) is 16.4 Å². The second-order valence-corrected chi connectivity index (χ2v) is 9.95. The van der Waals surface area contributed by atoms with E-state index < -0.39 is 14.9 Å². The minimum atomic E-state index is -3.94. The third kappa shape index (κ3) is 4.84. The Morgan fingerprint density at radius 1 is 1.06 bits per heavy atom. The number of rotatable bonds is 8. The summed E-state index contributed by atoms with van der Waals surface area (Å²) in [4.78, 5) is 14.6. The van der Waals surface area contributed by atoms with Gasteiger partial charge in [0.25, 0.3) is 5.69 Å². The van der Waals surface area contributed by atoms with Crippen LogP contribution in [0.2, 0.25) is 0 Å². The molecule has 1 heterocycles. The van der Waals surface area contributed by atoms with Gasteiger partial charge in [-0.3, -0.25) is 10.1 Å². The van der Waals surface area contributed by atoms with Gasteiger partial charge in [0.05, 0.1) is 15.9 Å². The minimum absolute atomic E-state index is 0.125. The molecule has 1 N–H and O–H groups in total. The molecule has 9 heteroatoms. The zero-order valence-electron chi connectivity index (χ0n) is 18.5. The molecule has 0 fully saturated rings. The summed E-state index contributed by atoms with van der Waals surface area (Å²) < 4.78 is 28.7. The Kier molecular flexibility index (Phi) is 6.35. The molecule has 1 unspecified atom stereocenters. The van der Waals surface area contributed by atoms with Gasteiger partial charge >= 0.3 is 0 Å². The van der Waals surface area contributed by atoms with E-state index in [0.29, 0.717) is 0 Å². The Bertz CT molecular complexity index is 1260. The maximum atomic E-state index is 13.0. The van der Waals surface area contributed by atoms with Gasteiger partial charge in [0.15, 0.2) is 0 Å². The van der Waals surface area contributed by atoms with Crippen LogP contribution in [0.3, 0.4) is 0 Å². The Morgan fingerprint density at radius 2 is 1.79 bits per heavy atom. The Balaban J connectivity index is 1.64. The first kappa shape index (κ1) is 22.8. The van der Waals surface area contributed by atoms with Gasteiger partial charge < -0.3 is 9.80 Å². The van der Waals surface area contributed by atoms with Crippen molar-refractivity contribution in [2.24, 2.45) is 0 Å². The molecule has 1 aliphatic rings. The smallest absolute Gasteiger partial charge is 0.270 e. The SMILES string of the molecule is CN(C)c1ccc(C(CNS(=O)(=O)c2cccc([N+](=O)[O-])c2)N2CCc3ccccc32)cc1. The molecule has 1 aliphatic heterocycles. The maximum absolute atomic E-state index is 13.0. The van der Waals surface area contributed by atoms with E-state index in [1.807, 2.05) is 55.4 Å². The standard InChI is InChI=1S/C24H26N4O4S/c1-26(2)20-12-10-19(11-13-20)24(27-15-14-18-6-3-4-9-23(18)27)17-25-33(31,32)22-8-5-7-21(16-22)28(29)30/h3-13,16,24-25H,14-15,17H2,1-2H3. The van der Waals surface area contributed by atoms with Crippen LogP contribution in [0.25, 0.3) is 0 Å². The van der Waals surface area contributed by atoms with Crippen LogP contribution in [0, 0.1) is 10.1 Å². The summed E-state index contributed by atoms with van der Waals surface area (Å²) in [5, 5.41) is 11.1. The largest absolute Gasteiger partial charge is 0.378 e. The number of hydrogen-bond donors (Lipinski definition) is 1. The zero-order chi connectivity index (χ0) is 23.6. The zero-order valence-corrected chi connectivity index (χ0v) is 19.3. The van der Waals surface area contributed by atoms with Gasteiger partial charge in [0.1, 0.15) is 0 Å². The van der Waals surface area contributed by atoms with Crippen molar-refractivity contribution in [2.75, 3.05) is 37.0 Å². The Hall–Kier alpha value is -3.43. The average Bonchev–Trinajstić information content (AvgIpc) is 3.23. The summed E-state index contributed by atoms with van der Waals surface area (Å²) in [5.74, 6) is 0. The highest BCUT2D eigenvalue weighted by molar-refractivity contribution is 7.89. The number of nitrogens with zero attached hydrogens (tertiary/aromatic N) is 3. The number of nitrogens with one attached hydrogen (secondary N) is 1. The normalized spacial score (nSPS) is 14.1. The number of para-hydroxylation sites is 1. The number of benzene rings is 3. The van der Waals surface area contributed by atoms with Crippen LogP contribution in [0.4, 0.5) is 17.1 Å². The molecule has 3 aromatic carbocycles. The molecule has 33 heavy (non-hydrogen) atoms. The van der Waals surface area contributed by atoms with E-state index >= 15 is 0 Å². The number of non-ortho nitro benzene ring substituents is 1. The molecule has 3 aromatic rings. The van der Waals surface area contributed by atoms with E-state index in [0.717, 1.165) is 36.0 Å². The maximum Gasteiger partial charge on any atom is 0.270 e. The third-order valence-corrected chi connectivity index (χ3v) is 7.32. The van der Waals surface area contributed by atoms with E-state index in [-0.39, 0.29) is 23.2 Å². The van der Waals surface area contributed by atoms with Gasteiger partial charge in [-0.2, -0.15) is 0 Å². The molecule has 0 bridgehead atoms. The van der Waals surface area contributed by atoms with Crippen molar-refractivity contribution in [1.29, 1.82) is 0 Å². The van der Waals surface area contributed by atoms with Gasteiger partial charge in [-0.1, -0.05) is 36.4 Å². The van der Waals surface area contributed by atoms with Crippen molar-refractivity contribution in [3.8, 4) is 0 Å². The molecule has 0 spiro atoms. The Labute approximate surface area is 193 Å². The van der Waals surface area contributed by atoms with Crippen molar-refractivity contribution in [3.63, 3.8) is 0 Å². The highest BCUT2D eigenvalue weighted by atomic mass is 32.2. The van der Waals surface area contributed by atoms with E-state index in [2.05, 4.69) is 21.8 Å².